The Morgan fingerprint density at radius 1 is 0.941 bits per heavy atom. The average molecular weight is 298 g/mol. The molecule has 17 heavy (non-hydrogen) atoms. The minimum Gasteiger partial charge on any atom is -0.420 e. The van der Waals surface area contributed by atoms with Gasteiger partial charge in [-0.2, -0.15) is 0 Å². The fourth-order valence-electron chi connectivity index (χ4n) is 1.80. The van der Waals surface area contributed by atoms with E-state index in [1.165, 1.54) is 0 Å². The summed E-state index contributed by atoms with van der Waals surface area (Å²) in [6, 6.07) is 11.0. The molecule has 0 saturated heterocycles. The quantitative estimate of drug-likeness (QED) is 0.631. The van der Waals surface area contributed by atoms with Crippen LogP contribution in [0.4, 0.5) is 5.69 Å². The standard InChI is InChI=1S/C12H12NO2S.Cu/c1-13(2)11-7-3-6-10-9(11)5-4-8-12(10)16(14)15;/h3-8H,1-2H3;/q-1;+1. The summed E-state index contributed by atoms with van der Waals surface area (Å²) in [5, 5.41) is 1.72. The topological polar surface area (TPSA) is 37.4 Å². The minimum atomic E-state index is -2.19. The van der Waals surface area contributed by atoms with Crippen LogP contribution in [0.25, 0.3) is 10.8 Å². The van der Waals surface area contributed by atoms with Gasteiger partial charge in [0.15, 0.2) is 0 Å². The zero-order chi connectivity index (χ0) is 11.7. The van der Waals surface area contributed by atoms with Crippen molar-refractivity contribution < 1.29 is 25.5 Å². The van der Waals surface area contributed by atoms with E-state index in [9.17, 15) is 8.42 Å². The van der Waals surface area contributed by atoms with Gasteiger partial charge in [0.05, 0.1) is 0 Å². The monoisotopic (exact) mass is 297 g/mol. The summed E-state index contributed by atoms with van der Waals surface area (Å²) in [6.45, 7) is 0. The van der Waals surface area contributed by atoms with Crippen LogP contribution < -0.4 is 4.90 Å². The molecule has 2 aromatic rings. The molecule has 0 fully saturated rings. The maximum Gasteiger partial charge on any atom is 1.00 e. The van der Waals surface area contributed by atoms with Crippen LogP contribution in [-0.2, 0) is 36.2 Å². The molecule has 2 aromatic carbocycles. The van der Waals surface area contributed by atoms with Crippen molar-refractivity contribution >= 4 is 27.2 Å². The predicted molar refractivity (Wildman–Crippen MR) is 65.3 cm³/mol. The van der Waals surface area contributed by atoms with Gasteiger partial charge >= 0.3 is 17.1 Å². The van der Waals surface area contributed by atoms with Crippen LogP contribution in [0, 0.1) is 0 Å². The Bertz CT molecular complexity index is 600. The fraction of sp³-hybridized carbons (Fsp3) is 0.167. The molecule has 0 aliphatic carbocycles. The first-order chi connectivity index (χ1) is 7.61. The van der Waals surface area contributed by atoms with Crippen LogP contribution in [0.3, 0.4) is 0 Å². The largest absolute Gasteiger partial charge is 1.00 e. The van der Waals surface area contributed by atoms with E-state index < -0.39 is 10.7 Å². The summed E-state index contributed by atoms with van der Waals surface area (Å²) in [4.78, 5) is 2.32. The van der Waals surface area contributed by atoms with Gasteiger partial charge < -0.3 is 13.3 Å². The van der Waals surface area contributed by atoms with E-state index in [1.807, 2.05) is 43.3 Å². The first-order valence-corrected chi connectivity index (χ1v) is 5.97. The molecule has 2 rings (SSSR count). The van der Waals surface area contributed by atoms with Gasteiger partial charge in [-0.05, 0) is 22.2 Å². The van der Waals surface area contributed by atoms with E-state index in [2.05, 4.69) is 0 Å². The van der Waals surface area contributed by atoms with Crippen molar-refractivity contribution in [3.8, 4) is 0 Å². The maximum absolute atomic E-state index is 11.1. The van der Waals surface area contributed by atoms with Gasteiger partial charge in [0.2, 0.25) is 0 Å². The molecular weight excluding hydrogens is 286 g/mol. The van der Waals surface area contributed by atoms with Crippen LogP contribution in [0.2, 0.25) is 0 Å². The third-order valence-corrected chi connectivity index (χ3v) is 3.24. The van der Waals surface area contributed by atoms with Crippen LogP contribution in [0.5, 0.6) is 0 Å². The van der Waals surface area contributed by atoms with E-state index in [4.69, 9.17) is 0 Å². The fourth-order valence-corrected chi connectivity index (χ4v) is 2.35. The van der Waals surface area contributed by atoms with Crippen LogP contribution in [0.15, 0.2) is 41.3 Å². The van der Waals surface area contributed by atoms with Crippen LogP contribution in [0.1, 0.15) is 0 Å². The Kier molecular flexibility index (Phi) is 4.57. The second kappa shape index (κ2) is 5.54. The molecule has 0 N–H and O–H groups in total. The number of hydrogen-bond acceptors (Lipinski definition) is 4. The molecular formula is C12H12CuNO2S. The van der Waals surface area contributed by atoms with E-state index in [0.29, 0.717) is 4.90 Å². The Morgan fingerprint density at radius 2 is 1.53 bits per heavy atom. The molecule has 5 heteroatoms. The van der Waals surface area contributed by atoms with Crippen molar-refractivity contribution in [1.82, 2.24) is 0 Å². The average Bonchev–Trinajstić information content (AvgIpc) is 2.27. The Morgan fingerprint density at radius 3 is 2.12 bits per heavy atom. The predicted octanol–water partition coefficient (Wildman–Crippen LogP) is 2.57. The third kappa shape index (κ3) is 2.63. The van der Waals surface area contributed by atoms with Crippen molar-refractivity contribution in [3.05, 3.63) is 36.4 Å². The zero-order valence-corrected chi connectivity index (χ0v) is 11.2. The van der Waals surface area contributed by atoms with E-state index in [-0.39, 0.29) is 17.1 Å². The zero-order valence-electron chi connectivity index (χ0n) is 9.44. The number of nitrogens with zero attached hydrogens (tertiary/aromatic N) is 1. The molecule has 0 aliphatic heterocycles. The van der Waals surface area contributed by atoms with E-state index >= 15 is 0 Å². The number of benzene rings is 2. The van der Waals surface area contributed by atoms with Crippen molar-refractivity contribution in [1.29, 1.82) is 0 Å². The molecule has 0 spiro atoms. The molecule has 0 atom stereocenters. The molecule has 0 heterocycles. The van der Waals surface area contributed by atoms with Gasteiger partial charge in [0.1, 0.15) is 0 Å². The first kappa shape index (κ1) is 14.0. The third-order valence-electron chi connectivity index (χ3n) is 2.52. The second-order valence-corrected chi connectivity index (χ2v) is 4.67. The Balaban J connectivity index is 0.00000144. The maximum atomic E-state index is 11.1. The van der Waals surface area contributed by atoms with Gasteiger partial charge in [-0.3, -0.25) is 0 Å². The Hall–Kier alpha value is -1.03. The minimum absolute atomic E-state index is 0. The number of rotatable bonds is 2. The molecule has 0 aromatic heterocycles. The molecule has 3 nitrogen and oxygen atoms in total. The molecule has 0 bridgehead atoms. The van der Waals surface area contributed by atoms with Crippen molar-refractivity contribution in [2.75, 3.05) is 19.0 Å². The van der Waals surface area contributed by atoms with Gasteiger partial charge in [0, 0.05) is 25.2 Å². The molecule has 0 amide bonds. The van der Waals surface area contributed by atoms with E-state index in [0.717, 1.165) is 16.5 Å². The summed E-state index contributed by atoms with van der Waals surface area (Å²) >= 11 is 0. The second-order valence-electron chi connectivity index (χ2n) is 3.76. The van der Waals surface area contributed by atoms with Crippen LogP contribution in [-0.4, -0.2) is 14.1 Å². The molecule has 0 saturated carbocycles. The first-order valence-electron chi connectivity index (χ1n) is 4.89. The summed E-state index contributed by atoms with van der Waals surface area (Å²) < 4.78 is 22.2. The summed E-state index contributed by atoms with van der Waals surface area (Å²) in [7, 11) is 1.69. The molecule has 0 radical (unpaired) electrons. The number of hydrogen-bond donors (Lipinski definition) is 0. The number of anilines is 1. The van der Waals surface area contributed by atoms with Gasteiger partial charge in [-0.25, -0.2) is 0 Å². The smallest absolute Gasteiger partial charge is 0.420 e. The molecule has 0 unspecified atom stereocenters. The van der Waals surface area contributed by atoms with Gasteiger partial charge in [-0.15, -0.1) is 0 Å². The summed E-state index contributed by atoms with van der Waals surface area (Å²) in [5.74, 6) is 0. The normalized spacial score (nSPS) is 10.3. The van der Waals surface area contributed by atoms with Crippen molar-refractivity contribution in [2.24, 2.45) is 0 Å². The number of fused-ring (bicyclic) bond motifs is 1. The summed E-state index contributed by atoms with van der Waals surface area (Å²) in [5.41, 5.74) is 1.02. The van der Waals surface area contributed by atoms with Crippen molar-refractivity contribution in [2.45, 2.75) is 4.90 Å². The van der Waals surface area contributed by atoms with Gasteiger partial charge in [-0.1, -0.05) is 35.2 Å². The molecule has 0 aliphatic rings. The van der Waals surface area contributed by atoms with Crippen LogP contribution >= 0.6 is 0 Å². The van der Waals surface area contributed by atoms with Gasteiger partial charge in [0.25, 0.3) is 0 Å². The van der Waals surface area contributed by atoms with Crippen molar-refractivity contribution in [3.63, 3.8) is 0 Å². The summed E-state index contributed by atoms with van der Waals surface area (Å²) in [6.07, 6.45) is 0. The van der Waals surface area contributed by atoms with E-state index in [1.54, 1.807) is 12.1 Å². The SMILES string of the molecule is CN(C)c1cccc2c([S-](=O)=O)cccc12.[Cu+]. The molecule has 94 valence electrons. The Labute approximate surface area is 113 Å².